The number of hydrogen-bond donors (Lipinski definition) is 8. The van der Waals surface area contributed by atoms with Crippen LogP contribution in [0.4, 0.5) is 0 Å². The van der Waals surface area contributed by atoms with Crippen molar-refractivity contribution in [3.05, 3.63) is 23.3 Å². The molecule has 16 unspecified atom stereocenters. The number of aliphatic hydroxyl groups excluding tert-OH is 4. The summed E-state index contributed by atoms with van der Waals surface area (Å²) in [4.78, 5) is 24.4. The van der Waals surface area contributed by atoms with Crippen LogP contribution in [0.2, 0.25) is 0 Å². The number of nitrogens with one attached hydrogen (secondary N) is 2. The summed E-state index contributed by atoms with van der Waals surface area (Å²) in [6, 6.07) is -2.10. The fourth-order valence-electron chi connectivity index (χ4n) is 9.60. The molecule has 0 spiro atoms. The molecule has 8 N–H and O–H groups in total. The van der Waals surface area contributed by atoms with Crippen LogP contribution in [-0.2, 0) is 47.5 Å². The second-order valence-corrected chi connectivity index (χ2v) is 20.7. The SMILES string of the molecule is COCC1OC(OC2(C)CCC(C(C)(C)O)OC2CCCC(C)=CCCC=C(C)CC2OC(C(C)(C)O)CCC2(C)OC2OC(COC)C(O)C(O)C2NC(C)=O)C(NC(C)=O)C(O)C1O. The third-order valence-corrected chi connectivity index (χ3v) is 13.7. The zero-order chi connectivity index (χ0) is 49.4. The van der Waals surface area contributed by atoms with Gasteiger partial charge in [0.05, 0.1) is 60.0 Å². The van der Waals surface area contributed by atoms with Crippen LogP contribution in [0, 0.1) is 0 Å². The Balaban J connectivity index is 1.42. The molecule has 0 aromatic rings. The van der Waals surface area contributed by atoms with Gasteiger partial charge >= 0.3 is 0 Å². The van der Waals surface area contributed by atoms with E-state index in [0.717, 1.165) is 31.3 Å². The van der Waals surface area contributed by atoms with Gasteiger partial charge < -0.3 is 79.2 Å². The van der Waals surface area contributed by atoms with E-state index in [-0.39, 0.29) is 13.2 Å². The minimum Gasteiger partial charge on any atom is -0.388 e. The fraction of sp³-hybridized carbons (Fsp3) is 0.875. The van der Waals surface area contributed by atoms with Crippen molar-refractivity contribution in [2.24, 2.45) is 0 Å². The van der Waals surface area contributed by atoms with Crippen molar-refractivity contribution in [3.8, 4) is 0 Å². The molecule has 0 radical (unpaired) electrons. The van der Waals surface area contributed by atoms with Crippen LogP contribution in [0.15, 0.2) is 23.3 Å². The minimum atomic E-state index is -1.38. The molecule has 0 bridgehead atoms. The first-order valence-electron chi connectivity index (χ1n) is 23.7. The van der Waals surface area contributed by atoms with Crippen molar-refractivity contribution < 1.29 is 78.1 Å². The molecule has 66 heavy (non-hydrogen) atoms. The van der Waals surface area contributed by atoms with Crippen LogP contribution in [0.1, 0.15) is 133 Å². The monoisotopic (exact) mass is 945 g/mol. The van der Waals surface area contributed by atoms with Crippen molar-refractivity contribution in [3.63, 3.8) is 0 Å². The van der Waals surface area contributed by atoms with Gasteiger partial charge in [0, 0.05) is 28.1 Å². The first-order chi connectivity index (χ1) is 30.7. The molecule has 2 amide bonds. The largest absolute Gasteiger partial charge is 0.388 e. The van der Waals surface area contributed by atoms with Crippen LogP contribution < -0.4 is 10.6 Å². The molecular weight excluding hydrogens is 861 g/mol. The molecule has 4 rings (SSSR count). The van der Waals surface area contributed by atoms with Gasteiger partial charge in [-0.15, -0.1) is 0 Å². The van der Waals surface area contributed by atoms with Gasteiger partial charge in [-0.1, -0.05) is 23.3 Å². The predicted molar refractivity (Wildman–Crippen MR) is 243 cm³/mol. The summed E-state index contributed by atoms with van der Waals surface area (Å²) < 4.78 is 49.2. The number of methoxy groups -OCH3 is 2. The van der Waals surface area contributed by atoms with Gasteiger partial charge in [0.25, 0.3) is 0 Å². The van der Waals surface area contributed by atoms with Gasteiger partial charge in [0.1, 0.15) is 48.7 Å². The van der Waals surface area contributed by atoms with Crippen molar-refractivity contribution in [1.29, 1.82) is 0 Å². The van der Waals surface area contributed by atoms with E-state index in [4.69, 9.17) is 37.9 Å². The van der Waals surface area contributed by atoms with Gasteiger partial charge in [-0.3, -0.25) is 9.59 Å². The normalized spacial score (nSPS) is 38.5. The maximum absolute atomic E-state index is 12.2. The second-order valence-electron chi connectivity index (χ2n) is 20.7. The molecule has 0 aromatic heterocycles. The number of carbonyl (C=O) groups is 2. The average Bonchev–Trinajstić information content (AvgIpc) is 3.21. The molecule has 18 nitrogen and oxygen atoms in total. The van der Waals surface area contributed by atoms with Crippen molar-refractivity contribution in [2.75, 3.05) is 27.4 Å². The summed E-state index contributed by atoms with van der Waals surface area (Å²) in [7, 11) is 2.93. The highest BCUT2D eigenvalue weighted by Crippen LogP contribution is 2.42. The summed E-state index contributed by atoms with van der Waals surface area (Å²) in [5.41, 5.74) is -1.84. The third kappa shape index (κ3) is 15.2. The van der Waals surface area contributed by atoms with E-state index >= 15 is 0 Å². The average molecular weight is 945 g/mol. The van der Waals surface area contributed by atoms with E-state index in [1.165, 1.54) is 33.6 Å². The molecule has 4 heterocycles. The molecular formula is C48H84N2O16. The Bertz CT molecular complexity index is 1620. The molecule has 0 aromatic carbocycles. The smallest absolute Gasteiger partial charge is 0.217 e. The molecule has 4 saturated heterocycles. The zero-order valence-electron chi connectivity index (χ0n) is 41.5. The standard InChI is InChI=1S/C48H84N2O16/c1-27(18-15-19-35-47(9,22-20-33(63-35)45(5,6)57)65-43-37(49-29(3)51)41(55)39(53)31(61-43)25-59-11)16-13-14-17-28(2)24-36-48(10,23-21-34(64-36)46(7,8)58)66-44-38(50-30(4)52)42(56)40(54)32(62-44)26-60-12/h16-17,31-44,53-58H,13-15,18-26H2,1-12H3,(H,49,51)(H,50,52). The van der Waals surface area contributed by atoms with E-state index in [9.17, 15) is 40.2 Å². The highest BCUT2D eigenvalue weighted by atomic mass is 16.7. The Hall–Kier alpha value is -2.14. The van der Waals surface area contributed by atoms with E-state index in [1.807, 2.05) is 20.8 Å². The number of aliphatic hydroxyl groups is 6. The Kier molecular flexibility index (Phi) is 20.6. The lowest BCUT2D eigenvalue weighted by atomic mass is 9.81. The summed E-state index contributed by atoms with van der Waals surface area (Å²) in [6.07, 6.45) is -0.792. The molecule has 4 aliphatic rings. The molecule has 4 aliphatic heterocycles. The Morgan fingerprint density at radius 3 is 1.47 bits per heavy atom. The minimum absolute atomic E-state index is 0.000551. The van der Waals surface area contributed by atoms with Crippen LogP contribution in [0.25, 0.3) is 0 Å². The van der Waals surface area contributed by atoms with Crippen LogP contribution in [-0.4, -0.2) is 178 Å². The van der Waals surface area contributed by atoms with Crippen LogP contribution in [0.5, 0.6) is 0 Å². The fourth-order valence-corrected chi connectivity index (χ4v) is 9.60. The van der Waals surface area contributed by atoms with Crippen molar-refractivity contribution in [1.82, 2.24) is 10.6 Å². The van der Waals surface area contributed by atoms with Gasteiger partial charge in [-0.25, -0.2) is 0 Å². The highest BCUT2D eigenvalue weighted by Gasteiger charge is 2.54. The van der Waals surface area contributed by atoms with E-state index in [0.29, 0.717) is 38.5 Å². The quantitative estimate of drug-likeness (QED) is 0.0608. The topological polar surface area (TPSA) is 253 Å². The van der Waals surface area contributed by atoms with Crippen LogP contribution in [0.3, 0.4) is 0 Å². The van der Waals surface area contributed by atoms with Gasteiger partial charge in [-0.2, -0.15) is 0 Å². The number of allylic oxidation sites excluding steroid dienone is 3. The highest BCUT2D eigenvalue weighted by molar-refractivity contribution is 5.73. The number of carbonyl (C=O) groups excluding carboxylic acids is 2. The van der Waals surface area contributed by atoms with Gasteiger partial charge in [-0.05, 0) is 120 Å². The maximum Gasteiger partial charge on any atom is 0.217 e. The summed E-state index contributed by atoms with van der Waals surface area (Å²) in [5.74, 6) is -0.833. The van der Waals surface area contributed by atoms with Crippen LogP contribution >= 0.6 is 0 Å². The molecule has 0 aliphatic carbocycles. The number of rotatable bonds is 21. The molecule has 18 heteroatoms. The molecule has 16 atom stereocenters. The summed E-state index contributed by atoms with van der Waals surface area (Å²) in [6.45, 7) is 17.5. The first-order valence-corrected chi connectivity index (χ1v) is 23.7. The zero-order valence-corrected chi connectivity index (χ0v) is 41.5. The van der Waals surface area contributed by atoms with Crippen molar-refractivity contribution >= 4 is 11.8 Å². The van der Waals surface area contributed by atoms with Crippen molar-refractivity contribution in [2.45, 2.75) is 242 Å². The predicted octanol–water partition coefficient (Wildman–Crippen LogP) is 2.60. The summed E-state index contributed by atoms with van der Waals surface area (Å²) >= 11 is 0. The van der Waals surface area contributed by atoms with E-state index in [2.05, 4.69) is 29.7 Å². The lowest BCUT2D eigenvalue weighted by Crippen LogP contribution is -2.67. The molecule has 0 saturated carbocycles. The lowest BCUT2D eigenvalue weighted by molar-refractivity contribution is -0.327. The Morgan fingerprint density at radius 2 is 1.06 bits per heavy atom. The van der Waals surface area contributed by atoms with E-state index in [1.54, 1.807) is 27.7 Å². The number of unbranched alkanes of at least 4 members (excludes halogenated alkanes) is 1. The Morgan fingerprint density at radius 1 is 0.652 bits per heavy atom. The molecule has 4 fully saturated rings. The number of ether oxygens (including phenoxy) is 8. The second kappa shape index (κ2) is 24.1. The summed E-state index contributed by atoms with van der Waals surface area (Å²) in [5, 5.41) is 70.9. The third-order valence-electron chi connectivity index (χ3n) is 13.7. The molecule has 382 valence electrons. The van der Waals surface area contributed by atoms with E-state index < -0.39 is 120 Å². The van der Waals surface area contributed by atoms with Gasteiger partial charge in [0.15, 0.2) is 12.6 Å². The Labute approximate surface area is 392 Å². The number of hydrogen-bond acceptors (Lipinski definition) is 16. The maximum atomic E-state index is 12.2. The lowest BCUT2D eigenvalue weighted by Gasteiger charge is -2.51. The van der Waals surface area contributed by atoms with Gasteiger partial charge in [0.2, 0.25) is 11.8 Å². The number of amides is 2. The first kappa shape index (κ1) is 56.4.